The van der Waals surface area contributed by atoms with Crippen molar-refractivity contribution in [1.82, 2.24) is 24.8 Å². The second-order valence-electron chi connectivity index (χ2n) is 10.1. The van der Waals surface area contributed by atoms with E-state index in [1.54, 1.807) is 0 Å². The van der Waals surface area contributed by atoms with Crippen LogP contribution in [-0.2, 0) is 0 Å². The minimum absolute atomic E-state index is 0.333. The Bertz CT molecular complexity index is 1330. The molecule has 8 heteroatoms. The molecule has 4 aromatic heterocycles. The first-order valence-corrected chi connectivity index (χ1v) is 12.4. The largest absolute Gasteiger partial charge is 0.492 e. The van der Waals surface area contributed by atoms with Crippen LogP contribution < -0.4 is 9.64 Å². The van der Waals surface area contributed by atoms with Gasteiger partial charge in [0.05, 0.1) is 35.5 Å². The van der Waals surface area contributed by atoms with Crippen LogP contribution in [0.15, 0.2) is 36.8 Å². The lowest BCUT2D eigenvalue weighted by molar-refractivity contribution is -0.0392. The van der Waals surface area contributed by atoms with Crippen molar-refractivity contribution >= 4 is 22.4 Å². The molecule has 6 rings (SSSR count). The number of piperidine rings is 1. The van der Waals surface area contributed by atoms with E-state index in [1.807, 2.05) is 30.0 Å². The number of fused-ring (bicyclic) bond motifs is 5. The summed E-state index contributed by atoms with van der Waals surface area (Å²) < 4.78 is 7.68. The number of nitrogens with zero attached hydrogens (tertiary/aromatic N) is 5. The Kier molecular flexibility index (Phi) is 5.02. The molecule has 5 heterocycles. The molecule has 8 nitrogen and oxygen atoms in total. The number of anilines is 1. The predicted octanol–water partition coefficient (Wildman–Crippen LogP) is 4.58. The van der Waals surface area contributed by atoms with Crippen LogP contribution in [0.25, 0.3) is 27.7 Å². The average Bonchev–Trinajstić information content (AvgIpc) is 3.40. The van der Waals surface area contributed by atoms with Crippen molar-refractivity contribution in [2.24, 2.45) is 5.92 Å². The van der Waals surface area contributed by atoms with Crippen molar-refractivity contribution in [2.75, 3.05) is 11.5 Å². The maximum absolute atomic E-state index is 11.1. The molecule has 1 saturated heterocycles. The highest BCUT2D eigenvalue weighted by Gasteiger charge is 2.45. The second-order valence-corrected chi connectivity index (χ2v) is 10.1. The summed E-state index contributed by atoms with van der Waals surface area (Å²) in [5.74, 6) is 2.35. The number of aromatic amines is 1. The first-order valence-electron chi connectivity index (χ1n) is 12.4. The predicted molar refractivity (Wildman–Crippen MR) is 132 cm³/mol. The van der Waals surface area contributed by atoms with Crippen LogP contribution in [0.2, 0.25) is 0 Å². The second kappa shape index (κ2) is 7.98. The number of hydrogen-bond acceptors (Lipinski definition) is 6. The molecule has 0 aromatic carbocycles. The summed E-state index contributed by atoms with van der Waals surface area (Å²) in [6, 6.07) is 7.06. The van der Waals surface area contributed by atoms with E-state index in [2.05, 4.69) is 52.2 Å². The zero-order chi connectivity index (χ0) is 23.4. The fraction of sp³-hybridized carbons (Fsp3) is 0.500. The summed E-state index contributed by atoms with van der Waals surface area (Å²) in [5.41, 5.74) is 3.20. The SMILES string of the molecule is CCOc1cc(-c2ccc(N3C(C)CC4CC3CC(O)(CC)C4)nc2)c2c3cn[nH]c3nn2c1. The lowest BCUT2D eigenvalue weighted by Crippen LogP contribution is -2.56. The normalized spacial score (nSPS) is 26.9. The fourth-order valence-corrected chi connectivity index (χ4v) is 6.36. The molecule has 2 N–H and O–H groups in total. The molecule has 1 aliphatic heterocycles. The van der Waals surface area contributed by atoms with E-state index in [0.29, 0.717) is 24.6 Å². The Labute approximate surface area is 198 Å². The number of H-pyrrole nitrogens is 1. The molecule has 0 radical (unpaired) electrons. The zero-order valence-corrected chi connectivity index (χ0v) is 20.0. The lowest BCUT2D eigenvalue weighted by Gasteiger charge is -2.52. The van der Waals surface area contributed by atoms with Gasteiger partial charge in [0.1, 0.15) is 11.6 Å². The van der Waals surface area contributed by atoms with Crippen molar-refractivity contribution < 1.29 is 9.84 Å². The van der Waals surface area contributed by atoms with Gasteiger partial charge >= 0.3 is 0 Å². The number of aromatic nitrogens is 5. The van der Waals surface area contributed by atoms with E-state index >= 15 is 0 Å². The van der Waals surface area contributed by atoms with Gasteiger partial charge in [-0.25, -0.2) is 9.50 Å². The highest BCUT2D eigenvalue weighted by Crippen LogP contribution is 2.45. The number of pyridine rings is 2. The topological polar surface area (TPSA) is 91.6 Å². The van der Waals surface area contributed by atoms with E-state index in [9.17, 15) is 5.11 Å². The molecule has 4 unspecified atom stereocenters. The van der Waals surface area contributed by atoms with Gasteiger partial charge in [-0.1, -0.05) is 6.92 Å². The third kappa shape index (κ3) is 3.43. The van der Waals surface area contributed by atoms with Gasteiger partial charge in [0.15, 0.2) is 5.65 Å². The average molecular weight is 461 g/mol. The van der Waals surface area contributed by atoms with Crippen LogP contribution in [0.3, 0.4) is 0 Å². The minimum atomic E-state index is -0.546. The molecule has 4 atom stereocenters. The van der Waals surface area contributed by atoms with E-state index in [4.69, 9.17) is 9.72 Å². The van der Waals surface area contributed by atoms with Crippen LogP contribution in [0.4, 0.5) is 5.82 Å². The van der Waals surface area contributed by atoms with Crippen LogP contribution in [-0.4, -0.2) is 54.2 Å². The van der Waals surface area contributed by atoms with Crippen molar-refractivity contribution in [3.8, 4) is 16.9 Å². The van der Waals surface area contributed by atoms with Gasteiger partial charge in [0.25, 0.3) is 0 Å². The van der Waals surface area contributed by atoms with E-state index in [-0.39, 0.29) is 0 Å². The summed E-state index contributed by atoms with van der Waals surface area (Å²) in [4.78, 5) is 7.38. The van der Waals surface area contributed by atoms with Crippen LogP contribution in [0, 0.1) is 5.92 Å². The number of ether oxygens (including phenoxy) is 1. The monoisotopic (exact) mass is 460 g/mol. The molecular weight excluding hydrogens is 428 g/mol. The first-order chi connectivity index (χ1) is 16.5. The van der Waals surface area contributed by atoms with Crippen molar-refractivity contribution in [3.05, 3.63) is 36.8 Å². The fourth-order valence-electron chi connectivity index (χ4n) is 6.36. The smallest absolute Gasteiger partial charge is 0.178 e. The standard InChI is InChI=1S/C26H32N6O2/c1-4-26(33)11-17-8-16(3)32(19(9-17)12-26)23-7-6-18(13-27-23)21-10-20(34-5-2)15-31-24(21)22-14-28-29-25(22)30-31/h6-7,10,13-17,19,33H,4-5,8-9,11-12H2,1-3H3,(H,29,30). The van der Waals surface area contributed by atoms with Crippen LogP contribution >= 0.6 is 0 Å². The summed E-state index contributed by atoms with van der Waals surface area (Å²) in [6.45, 7) is 6.96. The Morgan fingerprint density at radius 1 is 1.21 bits per heavy atom. The molecule has 0 amide bonds. The van der Waals surface area contributed by atoms with Gasteiger partial charge in [-0.2, -0.15) is 5.10 Å². The molecule has 0 spiro atoms. The van der Waals surface area contributed by atoms with Crippen molar-refractivity contribution in [2.45, 2.75) is 70.6 Å². The molecule has 4 aromatic rings. The third-order valence-corrected chi connectivity index (χ3v) is 7.83. The van der Waals surface area contributed by atoms with Crippen molar-refractivity contribution in [1.29, 1.82) is 0 Å². The lowest BCUT2D eigenvalue weighted by atomic mass is 9.69. The Hall–Kier alpha value is -3.13. The first kappa shape index (κ1) is 21.4. The zero-order valence-electron chi connectivity index (χ0n) is 20.0. The Morgan fingerprint density at radius 2 is 2.09 bits per heavy atom. The van der Waals surface area contributed by atoms with Gasteiger partial charge in [-0.3, -0.25) is 5.10 Å². The van der Waals surface area contributed by atoms with E-state index < -0.39 is 5.60 Å². The highest BCUT2D eigenvalue weighted by atomic mass is 16.5. The molecule has 1 aliphatic carbocycles. The Balaban J connectivity index is 1.39. The summed E-state index contributed by atoms with van der Waals surface area (Å²) in [5, 5.41) is 23.8. The molecular formula is C26H32N6O2. The van der Waals surface area contributed by atoms with Gasteiger partial charge in [0.2, 0.25) is 0 Å². The quantitative estimate of drug-likeness (QED) is 0.453. The summed E-state index contributed by atoms with van der Waals surface area (Å²) in [6.07, 6.45) is 10.5. The highest BCUT2D eigenvalue weighted by molar-refractivity contribution is 6.00. The maximum Gasteiger partial charge on any atom is 0.178 e. The summed E-state index contributed by atoms with van der Waals surface area (Å²) >= 11 is 0. The molecule has 2 aliphatic rings. The van der Waals surface area contributed by atoms with E-state index in [0.717, 1.165) is 71.3 Å². The number of rotatable bonds is 5. The van der Waals surface area contributed by atoms with Crippen LogP contribution in [0.5, 0.6) is 5.75 Å². The van der Waals surface area contributed by atoms with E-state index in [1.165, 1.54) is 0 Å². The Morgan fingerprint density at radius 3 is 2.85 bits per heavy atom. The molecule has 2 bridgehead atoms. The number of hydrogen-bond donors (Lipinski definition) is 2. The van der Waals surface area contributed by atoms with Crippen LogP contribution in [0.1, 0.15) is 52.9 Å². The van der Waals surface area contributed by atoms with Gasteiger partial charge in [0, 0.05) is 29.4 Å². The molecule has 34 heavy (non-hydrogen) atoms. The minimum Gasteiger partial charge on any atom is -0.492 e. The number of nitrogens with one attached hydrogen (secondary N) is 1. The van der Waals surface area contributed by atoms with Gasteiger partial charge < -0.3 is 14.7 Å². The van der Waals surface area contributed by atoms with Crippen molar-refractivity contribution in [3.63, 3.8) is 0 Å². The number of aliphatic hydroxyl groups is 1. The summed E-state index contributed by atoms with van der Waals surface area (Å²) in [7, 11) is 0. The third-order valence-electron chi connectivity index (χ3n) is 7.83. The molecule has 1 saturated carbocycles. The van der Waals surface area contributed by atoms with Gasteiger partial charge in [-0.05, 0) is 70.1 Å². The molecule has 178 valence electrons. The maximum atomic E-state index is 11.1. The van der Waals surface area contributed by atoms with Gasteiger partial charge in [-0.15, -0.1) is 5.10 Å². The molecule has 2 fully saturated rings.